The third-order valence-electron chi connectivity index (χ3n) is 6.74. The molecule has 8 nitrogen and oxygen atoms in total. The standard InChI is InChI=1S/C29H43Cl2N3O5S/c1-5-7-9-34(10-8-6-2)27-17-23(22-38-16-13-33-11-14-37-15-12-33)18-28(40(35,36)32(3)4)29(27)39-26-20-24(30)19-25(31)21-26/h17-21H,5-16,22H2,1-4H3. The molecule has 40 heavy (non-hydrogen) atoms. The average Bonchev–Trinajstić information content (AvgIpc) is 2.91. The number of morpholine rings is 1. The van der Waals surface area contributed by atoms with E-state index in [4.69, 9.17) is 37.4 Å². The van der Waals surface area contributed by atoms with Crippen LogP contribution in [-0.4, -0.2) is 84.3 Å². The molecule has 0 radical (unpaired) electrons. The lowest BCUT2D eigenvalue weighted by molar-refractivity contribution is 0.0180. The summed E-state index contributed by atoms with van der Waals surface area (Å²) in [5, 5.41) is 0.806. The van der Waals surface area contributed by atoms with Crippen LogP contribution < -0.4 is 9.64 Å². The monoisotopic (exact) mass is 615 g/mol. The summed E-state index contributed by atoms with van der Waals surface area (Å²) >= 11 is 12.5. The number of hydrogen-bond donors (Lipinski definition) is 0. The predicted octanol–water partition coefficient (Wildman–Crippen LogP) is 6.29. The van der Waals surface area contributed by atoms with Crippen LogP contribution in [0.2, 0.25) is 10.0 Å². The van der Waals surface area contributed by atoms with Gasteiger partial charge in [0.25, 0.3) is 0 Å². The molecule has 0 aliphatic carbocycles. The van der Waals surface area contributed by atoms with E-state index in [-0.39, 0.29) is 17.3 Å². The first-order chi connectivity index (χ1) is 19.1. The van der Waals surface area contributed by atoms with Gasteiger partial charge in [0.05, 0.1) is 32.1 Å². The molecular weight excluding hydrogens is 573 g/mol. The first-order valence-electron chi connectivity index (χ1n) is 14.0. The highest BCUT2D eigenvalue weighted by Gasteiger charge is 2.28. The normalized spacial score (nSPS) is 14.6. The summed E-state index contributed by atoms with van der Waals surface area (Å²) in [5.41, 5.74) is 1.49. The number of rotatable bonds is 16. The molecule has 1 aliphatic heterocycles. The molecule has 2 aromatic rings. The Labute approximate surface area is 250 Å². The second-order valence-corrected chi connectivity index (χ2v) is 13.1. The fourth-order valence-corrected chi connectivity index (χ4v) is 6.00. The molecule has 0 spiro atoms. The van der Waals surface area contributed by atoms with E-state index in [9.17, 15) is 8.42 Å². The molecule has 1 aliphatic rings. The van der Waals surface area contributed by atoms with E-state index >= 15 is 0 Å². The van der Waals surface area contributed by atoms with Crippen LogP contribution in [0.1, 0.15) is 45.1 Å². The Morgan fingerprint density at radius 2 is 1.57 bits per heavy atom. The first kappa shape index (κ1) is 32.9. The van der Waals surface area contributed by atoms with Crippen molar-refractivity contribution >= 4 is 38.9 Å². The molecule has 1 saturated heterocycles. The Bertz CT molecular complexity index is 1160. The lowest BCUT2D eigenvalue weighted by Crippen LogP contribution is -2.38. The Kier molecular flexibility index (Phi) is 13.3. The molecule has 1 heterocycles. The topological polar surface area (TPSA) is 71.6 Å². The van der Waals surface area contributed by atoms with Crippen LogP contribution in [0.25, 0.3) is 0 Å². The van der Waals surface area contributed by atoms with Gasteiger partial charge in [-0.2, -0.15) is 0 Å². The highest BCUT2D eigenvalue weighted by molar-refractivity contribution is 7.89. The third kappa shape index (κ3) is 9.48. The minimum absolute atomic E-state index is 0.0795. The minimum Gasteiger partial charge on any atom is -0.454 e. The third-order valence-corrected chi connectivity index (χ3v) is 8.99. The molecule has 2 aromatic carbocycles. The van der Waals surface area contributed by atoms with Crippen LogP contribution in [0, 0.1) is 0 Å². The SMILES string of the molecule is CCCCN(CCCC)c1cc(COCCN2CCOCC2)cc(S(=O)(=O)N(C)C)c1Oc1cc(Cl)cc(Cl)c1. The zero-order chi connectivity index (χ0) is 29.1. The number of hydrogen-bond acceptors (Lipinski definition) is 7. The van der Waals surface area contributed by atoms with E-state index in [1.54, 1.807) is 24.3 Å². The van der Waals surface area contributed by atoms with Crippen molar-refractivity contribution in [3.8, 4) is 11.5 Å². The molecule has 0 aromatic heterocycles. The van der Waals surface area contributed by atoms with Crippen LogP contribution in [0.15, 0.2) is 35.2 Å². The van der Waals surface area contributed by atoms with Crippen molar-refractivity contribution in [3.05, 3.63) is 45.9 Å². The Morgan fingerprint density at radius 1 is 0.950 bits per heavy atom. The number of halogens is 2. The molecule has 1 fully saturated rings. The number of sulfonamides is 1. The van der Waals surface area contributed by atoms with Crippen LogP contribution in [0.4, 0.5) is 5.69 Å². The van der Waals surface area contributed by atoms with Crippen LogP contribution in [0.3, 0.4) is 0 Å². The summed E-state index contributed by atoms with van der Waals surface area (Å²) in [7, 11) is -0.836. The van der Waals surface area contributed by atoms with Crippen LogP contribution in [0.5, 0.6) is 11.5 Å². The van der Waals surface area contributed by atoms with Gasteiger partial charge in [-0.05, 0) is 48.7 Å². The van der Waals surface area contributed by atoms with Crippen molar-refractivity contribution in [1.29, 1.82) is 0 Å². The maximum absolute atomic E-state index is 13.7. The summed E-state index contributed by atoms with van der Waals surface area (Å²) in [6.45, 7) is 10.7. The minimum atomic E-state index is -3.88. The maximum atomic E-state index is 13.7. The van der Waals surface area contributed by atoms with Gasteiger partial charge < -0.3 is 19.1 Å². The summed E-state index contributed by atoms with van der Waals surface area (Å²) in [5.74, 6) is 0.630. The first-order valence-corrected chi connectivity index (χ1v) is 16.2. The Morgan fingerprint density at radius 3 is 2.15 bits per heavy atom. The molecule has 11 heteroatoms. The number of nitrogens with zero attached hydrogens (tertiary/aromatic N) is 3. The van der Waals surface area contributed by atoms with Crippen molar-refractivity contribution in [1.82, 2.24) is 9.21 Å². The van der Waals surface area contributed by atoms with E-state index in [2.05, 4.69) is 23.6 Å². The molecule has 0 N–H and O–H groups in total. The maximum Gasteiger partial charge on any atom is 0.246 e. The number of unbranched alkanes of at least 4 members (excludes halogenated alkanes) is 2. The van der Waals surface area contributed by atoms with Gasteiger partial charge in [-0.15, -0.1) is 0 Å². The van der Waals surface area contributed by atoms with Gasteiger partial charge in [0.15, 0.2) is 5.75 Å². The Balaban J connectivity index is 2.05. The molecule has 0 bridgehead atoms. The summed E-state index contributed by atoms with van der Waals surface area (Å²) < 4.78 is 46.4. The summed E-state index contributed by atoms with van der Waals surface area (Å²) in [6.07, 6.45) is 3.94. The van der Waals surface area contributed by atoms with Crippen molar-refractivity contribution < 1.29 is 22.6 Å². The second kappa shape index (κ2) is 16.2. The zero-order valence-electron chi connectivity index (χ0n) is 24.1. The highest BCUT2D eigenvalue weighted by atomic mass is 35.5. The zero-order valence-corrected chi connectivity index (χ0v) is 26.5. The molecule has 224 valence electrons. The van der Waals surface area contributed by atoms with E-state index in [1.165, 1.54) is 18.4 Å². The lowest BCUT2D eigenvalue weighted by Gasteiger charge is -2.29. The largest absolute Gasteiger partial charge is 0.454 e. The number of ether oxygens (including phenoxy) is 3. The molecular formula is C29H43Cl2N3O5S. The van der Waals surface area contributed by atoms with Crippen molar-refractivity contribution in [2.24, 2.45) is 0 Å². The van der Waals surface area contributed by atoms with E-state index in [0.717, 1.165) is 77.2 Å². The van der Waals surface area contributed by atoms with Crippen molar-refractivity contribution in [2.75, 3.05) is 71.5 Å². The second-order valence-electron chi connectivity index (χ2n) is 10.1. The fourth-order valence-electron chi connectivity index (χ4n) is 4.42. The van der Waals surface area contributed by atoms with Crippen LogP contribution in [-0.2, 0) is 26.1 Å². The summed E-state index contributed by atoms with van der Waals surface area (Å²) in [6, 6.07) is 8.53. The van der Waals surface area contributed by atoms with Gasteiger partial charge in [-0.3, -0.25) is 4.90 Å². The lowest BCUT2D eigenvalue weighted by atomic mass is 10.1. The molecule has 0 unspecified atom stereocenters. The molecule has 0 amide bonds. The van der Waals surface area contributed by atoms with Gasteiger partial charge >= 0.3 is 0 Å². The van der Waals surface area contributed by atoms with Crippen molar-refractivity contribution in [2.45, 2.75) is 51.0 Å². The van der Waals surface area contributed by atoms with Gasteiger partial charge in [-0.1, -0.05) is 49.9 Å². The highest BCUT2D eigenvalue weighted by Crippen LogP contribution is 2.42. The smallest absolute Gasteiger partial charge is 0.246 e. The van der Waals surface area contributed by atoms with Gasteiger partial charge in [0.1, 0.15) is 10.6 Å². The van der Waals surface area contributed by atoms with Crippen LogP contribution >= 0.6 is 23.2 Å². The average molecular weight is 617 g/mol. The van der Waals surface area contributed by atoms with Gasteiger partial charge in [-0.25, -0.2) is 12.7 Å². The number of benzene rings is 2. The van der Waals surface area contributed by atoms with Gasteiger partial charge in [0, 0.05) is 56.9 Å². The quantitative estimate of drug-likeness (QED) is 0.205. The van der Waals surface area contributed by atoms with E-state index < -0.39 is 10.0 Å². The fraction of sp³-hybridized carbons (Fsp3) is 0.586. The molecule has 0 atom stereocenters. The van der Waals surface area contributed by atoms with E-state index in [0.29, 0.717) is 28.1 Å². The van der Waals surface area contributed by atoms with Gasteiger partial charge in [0.2, 0.25) is 10.0 Å². The van der Waals surface area contributed by atoms with E-state index in [1.807, 2.05) is 6.07 Å². The predicted molar refractivity (Wildman–Crippen MR) is 163 cm³/mol. The van der Waals surface area contributed by atoms with Crippen molar-refractivity contribution in [3.63, 3.8) is 0 Å². The summed E-state index contributed by atoms with van der Waals surface area (Å²) in [4.78, 5) is 4.61. The Hall–Kier alpha value is -1.59. The molecule has 0 saturated carbocycles. The number of anilines is 1. The molecule has 3 rings (SSSR count).